The lowest BCUT2D eigenvalue weighted by Crippen LogP contribution is -2.34. The van der Waals surface area contributed by atoms with Crippen LogP contribution in [-0.4, -0.2) is 38.4 Å². The molecule has 0 rings (SSSR count). The van der Waals surface area contributed by atoms with E-state index in [0.29, 0.717) is 0 Å². The Hall–Kier alpha value is -0.910. The molecule has 0 amide bonds. The molecule has 0 heterocycles. The zero-order valence-corrected chi connectivity index (χ0v) is 8.16. The highest BCUT2D eigenvalue weighted by molar-refractivity contribution is 5.85. The number of carbonyl (C=O) groups is 1. The van der Waals surface area contributed by atoms with Crippen LogP contribution in [0.2, 0.25) is 0 Å². The molecule has 76 valence electrons. The molecule has 0 spiro atoms. The van der Waals surface area contributed by atoms with Gasteiger partial charge in [0.05, 0.1) is 0 Å². The molecule has 13 heavy (non-hydrogen) atoms. The second-order valence-corrected chi connectivity index (χ2v) is 2.35. The third-order valence-corrected chi connectivity index (χ3v) is 1.58. The van der Waals surface area contributed by atoms with Crippen LogP contribution in [0.4, 0.5) is 0 Å². The van der Waals surface area contributed by atoms with Crippen LogP contribution in [0.5, 0.6) is 0 Å². The van der Waals surface area contributed by atoms with Gasteiger partial charge >= 0.3 is 11.9 Å². The van der Waals surface area contributed by atoms with Crippen molar-refractivity contribution in [2.75, 3.05) is 21.3 Å². The van der Waals surface area contributed by atoms with Gasteiger partial charge < -0.3 is 19.3 Å². The SMILES string of the molecule is COC(C=C(C)C(=O)O)(OC)OC. The lowest BCUT2D eigenvalue weighted by molar-refractivity contribution is -0.319. The standard InChI is InChI=1S/C8H14O5/c1-6(7(9)10)5-8(11-2,12-3)13-4/h5H,1-4H3,(H,9,10). The number of carboxylic acid groups (broad SMARTS) is 1. The first-order valence-electron chi connectivity index (χ1n) is 3.59. The second-order valence-electron chi connectivity index (χ2n) is 2.35. The molecule has 0 saturated carbocycles. The summed E-state index contributed by atoms with van der Waals surface area (Å²) < 4.78 is 14.6. The molecule has 0 unspecified atom stereocenters. The number of aliphatic carboxylic acids is 1. The Morgan fingerprint density at radius 2 is 1.62 bits per heavy atom. The smallest absolute Gasteiger partial charge is 0.331 e. The summed E-state index contributed by atoms with van der Waals surface area (Å²) >= 11 is 0. The van der Waals surface area contributed by atoms with Crippen molar-refractivity contribution in [3.8, 4) is 0 Å². The van der Waals surface area contributed by atoms with Crippen LogP contribution < -0.4 is 0 Å². The third kappa shape index (κ3) is 3.14. The molecule has 1 N–H and O–H groups in total. The second kappa shape index (κ2) is 4.96. The van der Waals surface area contributed by atoms with E-state index < -0.39 is 11.9 Å². The number of carboxylic acids is 1. The van der Waals surface area contributed by atoms with Crippen molar-refractivity contribution >= 4 is 5.97 Å². The predicted octanol–water partition coefficient (Wildman–Crippen LogP) is 0.610. The van der Waals surface area contributed by atoms with E-state index in [-0.39, 0.29) is 5.57 Å². The summed E-state index contributed by atoms with van der Waals surface area (Å²) in [6, 6.07) is 0. The van der Waals surface area contributed by atoms with Crippen LogP contribution in [0.15, 0.2) is 11.6 Å². The van der Waals surface area contributed by atoms with E-state index in [1.165, 1.54) is 34.3 Å². The van der Waals surface area contributed by atoms with Gasteiger partial charge in [-0.05, 0) is 6.92 Å². The van der Waals surface area contributed by atoms with E-state index in [1.54, 1.807) is 0 Å². The fraction of sp³-hybridized carbons (Fsp3) is 0.625. The molecule has 0 aliphatic heterocycles. The number of hydrogen-bond acceptors (Lipinski definition) is 4. The van der Waals surface area contributed by atoms with Gasteiger partial charge in [0.15, 0.2) is 0 Å². The van der Waals surface area contributed by atoms with Gasteiger partial charge in [0, 0.05) is 33.0 Å². The Labute approximate surface area is 76.9 Å². The van der Waals surface area contributed by atoms with Gasteiger partial charge in [-0.25, -0.2) is 4.79 Å². The molecule has 0 atom stereocenters. The highest BCUT2D eigenvalue weighted by Gasteiger charge is 2.27. The largest absolute Gasteiger partial charge is 0.478 e. The molecule has 0 radical (unpaired) electrons. The van der Waals surface area contributed by atoms with Gasteiger partial charge in [0.2, 0.25) is 0 Å². The Balaban J connectivity index is 4.76. The first kappa shape index (κ1) is 12.1. The fourth-order valence-corrected chi connectivity index (χ4v) is 0.754. The Morgan fingerprint density at radius 3 is 1.85 bits per heavy atom. The van der Waals surface area contributed by atoms with E-state index in [4.69, 9.17) is 19.3 Å². The van der Waals surface area contributed by atoms with Crippen molar-refractivity contribution in [3.05, 3.63) is 11.6 Å². The molecule has 0 fully saturated rings. The Kier molecular flexibility index (Phi) is 4.61. The van der Waals surface area contributed by atoms with E-state index in [0.717, 1.165) is 0 Å². The topological polar surface area (TPSA) is 65.0 Å². The first-order valence-corrected chi connectivity index (χ1v) is 3.59. The molecule has 0 aromatic carbocycles. The third-order valence-electron chi connectivity index (χ3n) is 1.58. The van der Waals surface area contributed by atoms with Crippen LogP contribution in [0.1, 0.15) is 6.92 Å². The number of hydrogen-bond donors (Lipinski definition) is 1. The molecule has 0 aliphatic carbocycles. The summed E-state index contributed by atoms with van der Waals surface area (Å²) in [6.45, 7) is 1.42. The van der Waals surface area contributed by atoms with Crippen molar-refractivity contribution in [2.45, 2.75) is 12.9 Å². The van der Waals surface area contributed by atoms with E-state index >= 15 is 0 Å². The average molecular weight is 190 g/mol. The summed E-state index contributed by atoms with van der Waals surface area (Å²) in [5.41, 5.74) is 0.0885. The summed E-state index contributed by atoms with van der Waals surface area (Å²) in [4.78, 5) is 10.5. The summed E-state index contributed by atoms with van der Waals surface area (Å²) in [5, 5.41) is 8.60. The molecule has 0 aliphatic rings. The van der Waals surface area contributed by atoms with Gasteiger partial charge in [-0.15, -0.1) is 0 Å². The minimum atomic E-state index is -1.41. The fourth-order valence-electron chi connectivity index (χ4n) is 0.754. The monoisotopic (exact) mass is 190 g/mol. The maximum atomic E-state index is 10.5. The maximum absolute atomic E-state index is 10.5. The molecule has 0 aromatic rings. The van der Waals surface area contributed by atoms with Crippen LogP contribution in [0.25, 0.3) is 0 Å². The number of methoxy groups -OCH3 is 3. The highest BCUT2D eigenvalue weighted by Crippen LogP contribution is 2.16. The van der Waals surface area contributed by atoms with E-state index in [9.17, 15) is 4.79 Å². The van der Waals surface area contributed by atoms with E-state index in [2.05, 4.69) is 0 Å². The summed E-state index contributed by atoms with van der Waals surface area (Å²) in [7, 11) is 4.08. The maximum Gasteiger partial charge on any atom is 0.331 e. The first-order chi connectivity index (χ1) is 6.01. The van der Waals surface area contributed by atoms with Gasteiger partial charge in [-0.2, -0.15) is 0 Å². The van der Waals surface area contributed by atoms with Crippen LogP contribution >= 0.6 is 0 Å². The minimum Gasteiger partial charge on any atom is -0.478 e. The zero-order valence-electron chi connectivity index (χ0n) is 8.16. The van der Waals surface area contributed by atoms with Crippen LogP contribution in [0.3, 0.4) is 0 Å². The van der Waals surface area contributed by atoms with Crippen LogP contribution in [-0.2, 0) is 19.0 Å². The van der Waals surface area contributed by atoms with Gasteiger partial charge in [0.25, 0.3) is 0 Å². The highest BCUT2D eigenvalue weighted by atomic mass is 16.9. The average Bonchev–Trinajstić information content (AvgIpc) is 2.14. The van der Waals surface area contributed by atoms with Crippen LogP contribution in [0, 0.1) is 0 Å². The van der Waals surface area contributed by atoms with Crippen molar-refractivity contribution in [2.24, 2.45) is 0 Å². The number of rotatable bonds is 5. The zero-order chi connectivity index (χ0) is 10.5. The van der Waals surface area contributed by atoms with Crippen molar-refractivity contribution in [1.29, 1.82) is 0 Å². The number of ether oxygens (including phenoxy) is 3. The molecule has 5 heteroatoms. The quantitative estimate of drug-likeness (QED) is 0.508. The van der Waals surface area contributed by atoms with Gasteiger partial charge in [0.1, 0.15) is 0 Å². The lowest BCUT2D eigenvalue weighted by Gasteiger charge is -2.25. The molecule has 0 saturated heterocycles. The lowest BCUT2D eigenvalue weighted by atomic mass is 10.2. The molecule has 0 bridgehead atoms. The van der Waals surface area contributed by atoms with Crippen molar-refractivity contribution in [3.63, 3.8) is 0 Å². The molecular weight excluding hydrogens is 176 g/mol. The Morgan fingerprint density at radius 1 is 1.23 bits per heavy atom. The summed E-state index contributed by atoms with van der Waals surface area (Å²) in [5.74, 6) is -2.46. The van der Waals surface area contributed by atoms with Crippen molar-refractivity contribution in [1.82, 2.24) is 0 Å². The molecule has 5 nitrogen and oxygen atoms in total. The predicted molar refractivity (Wildman–Crippen MR) is 45.2 cm³/mol. The van der Waals surface area contributed by atoms with Gasteiger partial charge in [-0.1, -0.05) is 0 Å². The van der Waals surface area contributed by atoms with Crippen molar-refractivity contribution < 1.29 is 24.1 Å². The minimum absolute atomic E-state index is 0.0885. The summed E-state index contributed by atoms with van der Waals surface area (Å²) in [6.07, 6.45) is 1.25. The van der Waals surface area contributed by atoms with Gasteiger partial charge in [-0.3, -0.25) is 0 Å². The van der Waals surface area contributed by atoms with E-state index in [1.807, 2.05) is 0 Å². The normalized spacial score (nSPS) is 13.1. The Bertz CT molecular complexity index is 196. The molecule has 0 aromatic heterocycles. The molecular formula is C8H14O5.